The van der Waals surface area contributed by atoms with Gasteiger partial charge in [-0.15, -0.1) is 0 Å². The largest absolute Gasteiger partial charge is 0.334 e. The van der Waals surface area contributed by atoms with Crippen LogP contribution in [0, 0.1) is 23.0 Å². The van der Waals surface area contributed by atoms with E-state index >= 15 is 0 Å². The third kappa shape index (κ3) is 2.44. The first-order valence-corrected chi connectivity index (χ1v) is 8.31. The number of aromatic amines is 1. The van der Waals surface area contributed by atoms with Crippen molar-refractivity contribution in [3.05, 3.63) is 81.0 Å². The lowest BCUT2D eigenvalue weighted by Gasteiger charge is -2.07. The third-order valence-corrected chi connectivity index (χ3v) is 4.49. The molecule has 0 unspecified atom stereocenters. The zero-order valence-electron chi connectivity index (χ0n) is 13.8. The van der Waals surface area contributed by atoms with E-state index in [1.54, 1.807) is 0 Å². The fourth-order valence-electron chi connectivity index (χ4n) is 2.84. The van der Waals surface area contributed by atoms with Crippen LogP contribution in [0.3, 0.4) is 0 Å². The molecule has 7 heteroatoms. The summed E-state index contributed by atoms with van der Waals surface area (Å²) < 4.78 is 2.99. The molecule has 26 heavy (non-hydrogen) atoms. The maximum atomic E-state index is 12.6. The van der Waals surface area contributed by atoms with Crippen LogP contribution in [0.2, 0.25) is 0 Å². The molecule has 0 saturated carbocycles. The lowest BCUT2D eigenvalue weighted by atomic mass is 10.1. The Kier molecular flexibility index (Phi) is 3.75. The highest BCUT2D eigenvalue weighted by molar-refractivity contribution is 7.71. The summed E-state index contributed by atoms with van der Waals surface area (Å²) in [5, 5.41) is 14.1. The van der Waals surface area contributed by atoms with Crippen LogP contribution in [0.4, 0.5) is 0 Å². The second-order valence-corrected chi connectivity index (χ2v) is 6.21. The Morgan fingerprint density at radius 2 is 1.81 bits per heavy atom. The van der Waals surface area contributed by atoms with E-state index in [2.05, 4.69) is 16.2 Å². The molecule has 0 saturated heterocycles. The van der Waals surface area contributed by atoms with Crippen molar-refractivity contribution in [3.8, 4) is 23.0 Å². The molecule has 0 aliphatic rings. The molecular formula is C19H13N5OS. The first-order chi connectivity index (χ1) is 12.6. The van der Waals surface area contributed by atoms with Crippen molar-refractivity contribution in [2.75, 3.05) is 0 Å². The second-order valence-electron chi connectivity index (χ2n) is 5.85. The van der Waals surface area contributed by atoms with E-state index in [4.69, 9.17) is 12.2 Å². The summed E-state index contributed by atoms with van der Waals surface area (Å²) in [5.74, 6) is 0. The summed E-state index contributed by atoms with van der Waals surface area (Å²) in [4.78, 5) is 15.4. The Balaban J connectivity index is 2.06. The number of nitriles is 1. The number of rotatable bonds is 2. The first kappa shape index (κ1) is 16.0. The molecule has 0 aliphatic heterocycles. The number of fused-ring (bicyclic) bond motifs is 1. The zero-order chi connectivity index (χ0) is 18.3. The number of nitrogens with zero attached hydrogens (tertiary/aromatic N) is 4. The van der Waals surface area contributed by atoms with Gasteiger partial charge in [-0.3, -0.25) is 4.98 Å². The Labute approximate surface area is 153 Å². The van der Waals surface area contributed by atoms with Crippen molar-refractivity contribution in [3.63, 3.8) is 0 Å². The van der Waals surface area contributed by atoms with Crippen molar-refractivity contribution < 1.29 is 0 Å². The maximum absolute atomic E-state index is 12.6. The Morgan fingerprint density at radius 1 is 1.12 bits per heavy atom. The minimum Gasteiger partial charge on any atom is -0.290 e. The summed E-state index contributed by atoms with van der Waals surface area (Å²) in [5.41, 5.74) is 3.15. The van der Waals surface area contributed by atoms with Gasteiger partial charge in [-0.1, -0.05) is 48.0 Å². The smallest absolute Gasteiger partial charge is 0.290 e. The van der Waals surface area contributed by atoms with Crippen molar-refractivity contribution in [1.29, 1.82) is 5.26 Å². The summed E-state index contributed by atoms with van der Waals surface area (Å²) >= 11 is 5.50. The predicted octanol–water partition coefficient (Wildman–Crippen LogP) is 3.39. The van der Waals surface area contributed by atoms with Gasteiger partial charge in [0.2, 0.25) is 4.77 Å². The molecule has 0 bridgehead atoms. The first-order valence-electron chi connectivity index (χ1n) is 7.91. The van der Waals surface area contributed by atoms with Gasteiger partial charge in [-0.25, -0.2) is 9.36 Å². The minimum absolute atomic E-state index is 0.200. The topological polar surface area (TPSA) is 78.9 Å². The van der Waals surface area contributed by atoms with E-state index in [1.807, 2.05) is 61.5 Å². The number of aromatic nitrogens is 4. The van der Waals surface area contributed by atoms with Crippen LogP contribution in [0.1, 0.15) is 11.1 Å². The van der Waals surface area contributed by atoms with E-state index in [-0.39, 0.29) is 10.3 Å². The highest BCUT2D eigenvalue weighted by atomic mass is 32.1. The molecule has 126 valence electrons. The molecule has 4 rings (SSSR count). The van der Waals surface area contributed by atoms with Gasteiger partial charge >= 0.3 is 5.69 Å². The van der Waals surface area contributed by atoms with E-state index in [0.717, 1.165) is 11.1 Å². The molecule has 2 aromatic heterocycles. The second kappa shape index (κ2) is 6.10. The monoisotopic (exact) mass is 359 g/mol. The lowest BCUT2D eigenvalue weighted by molar-refractivity contribution is 0.779. The van der Waals surface area contributed by atoms with E-state index in [1.165, 1.54) is 9.08 Å². The Bertz CT molecular complexity index is 1270. The molecule has 0 amide bonds. The molecule has 0 fully saturated rings. The van der Waals surface area contributed by atoms with Crippen molar-refractivity contribution in [1.82, 2.24) is 19.2 Å². The summed E-state index contributed by atoms with van der Waals surface area (Å²) in [6.45, 7) is 1.97. The Morgan fingerprint density at radius 3 is 2.46 bits per heavy atom. The average molecular weight is 359 g/mol. The number of hydrogen-bond acceptors (Lipinski definition) is 4. The molecule has 1 N–H and O–H groups in total. The molecule has 0 atom stereocenters. The molecule has 0 radical (unpaired) electrons. The van der Waals surface area contributed by atoms with Crippen LogP contribution >= 0.6 is 12.2 Å². The van der Waals surface area contributed by atoms with Crippen LogP contribution in [0.5, 0.6) is 0 Å². The third-order valence-electron chi connectivity index (χ3n) is 4.14. The molecule has 0 aliphatic carbocycles. The van der Waals surface area contributed by atoms with Crippen molar-refractivity contribution in [2.45, 2.75) is 6.92 Å². The van der Waals surface area contributed by atoms with Crippen LogP contribution in [-0.2, 0) is 0 Å². The SMILES string of the molecule is Cc1ccc(-n2c(=O)[nH]c3c(C#N)c(-c4ccccc4)nn3c2=S)cc1. The normalized spacial score (nSPS) is 10.8. The number of aryl methyl sites for hydroxylation is 1. The molecule has 2 heterocycles. The summed E-state index contributed by atoms with van der Waals surface area (Å²) in [6, 6.07) is 18.9. The fourth-order valence-corrected chi connectivity index (χ4v) is 3.16. The minimum atomic E-state index is -0.414. The van der Waals surface area contributed by atoms with Crippen LogP contribution in [-0.4, -0.2) is 19.2 Å². The van der Waals surface area contributed by atoms with Gasteiger partial charge in [-0.2, -0.15) is 14.9 Å². The predicted molar refractivity (Wildman–Crippen MR) is 101 cm³/mol. The highest BCUT2D eigenvalue weighted by Gasteiger charge is 2.18. The van der Waals surface area contributed by atoms with E-state index < -0.39 is 5.69 Å². The van der Waals surface area contributed by atoms with Gasteiger partial charge in [0.25, 0.3) is 0 Å². The van der Waals surface area contributed by atoms with Gasteiger partial charge in [0.15, 0.2) is 5.65 Å². The number of H-pyrrole nitrogens is 1. The van der Waals surface area contributed by atoms with Gasteiger partial charge in [0, 0.05) is 5.56 Å². The van der Waals surface area contributed by atoms with E-state index in [0.29, 0.717) is 17.0 Å². The number of nitrogens with one attached hydrogen (secondary N) is 1. The standard InChI is InChI=1S/C19H13N5OS/c1-12-7-9-14(10-8-12)23-18(25)21-17-15(11-20)16(22-24(17)19(23)26)13-5-3-2-4-6-13/h2-10H,1H3,(H,21,25). The number of benzene rings is 2. The maximum Gasteiger partial charge on any atom is 0.334 e. The molecule has 6 nitrogen and oxygen atoms in total. The van der Waals surface area contributed by atoms with Crippen LogP contribution in [0.25, 0.3) is 22.6 Å². The highest BCUT2D eigenvalue weighted by Crippen LogP contribution is 2.24. The van der Waals surface area contributed by atoms with E-state index in [9.17, 15) is 10.1 Å². The summed E-state index contributed by atoms with van der Waals surface area (Å²) in [7, 11) is 0. The van der Waals surface area contributed by atoms with Gasteiger partial charge in [0.1, 0.15) is 17.3 Å². The average Bonchev–Trinajstić information content (AvgIpc) is 3.02. The van der Waals surface area contributed by atoms with Gasteiger partial charge in [0.05, 0.1) is 5.69 Å². The quantitative estimate of drug-likeness (QED) is 0.557. The van der Waals surface area contributed by atoms with Crippen molar-refractivity contribution >= 4 is 17.9 Å². The Hall–Kier alpha value is -3.50. The fraction of sp³-hybridized carbons (Fsp3) is 0.0526. The summed E-state index contributed by atoms with van der Waals surface area (Å²) in [6.07, 6.45) is 0. The number of hydrogen-bond donors (Lipinski definition) is 1. The van der Waals surface area contributed by atoms with Gasteiger partial charge < -0.3 is 0 Å². The lowest BCUT2D eigenvalue weighted by Crippen LogP contribution is -2.24. The molecule has 2 aromatic carbocycles. The van der Waals surface area contributed by atoms with Crippen LogP contribution < -0.4 is 5.69 Å². The zero-order valence-corrected chi connectivity index (χ0v) is 14.6. The molecular weight excluding hydrogens is 346 g/mol. The van der Waals surface area contributed by atoms with Crippen molar-refractivity contribution in [2.24, 2.45) is 0 Å². The molecule has 4 aromatic rings. The van der Waals surface area contributed by atoms with Crippen LogP contribution in [0.15, 0.2) is 59.4 Å². The molecule has 0 spiro atoms. The van der Waals surface area contributed by atoms with Gasteiger partial charge in [-0.05, 0) is 31.3 Å².